The summed E-state index contributed by atoms with van der Waals surface area (Å²) in [6.45, 7) is 2.59. The second-order valence-electron chi connectivity index (χ2n) is 5.74. The Morgan fingerprint density at radius 3 is 2.75 bits per heavy atom. The molecule has 3 atom stereocenters. The lowest BCUT2D eigenvalue weighted by Crippen LogP contribution is -2.57. The van der Waals surface area contributed by atoms with E-state index in [0.29, 0.717) is 12.0 Å². The molecule has 3 unspecified atom stereocenters. The van der Waals surface area contributed by atoms with Crippen LogP contribution in [0.15, 0.2) is 0 Å². The molecule has 3 heteroatoms. The zero-order valence-electron chi connectivity index (χ0n) is 9.86. The monoisotopic (exact) mass is 226 g/mol. The first-order valence-corrected chi connectivity index (χ1v) is 6.69. The van der Waals surface area contributed by atoms with Crippen LogP contribution in [0.2, 0.25) is 0 Å². The van der Waals surface area contributed by atoms with E-state index in [4.69, 9.17) is 9.47 Å². The SMILES string of the molecule is OC1CC(OCC2CCOC2)C12CCCC2. The van der Waals surface area contributed by atoms with Crippen molar-refractivity contribution >= 4 is 0 Å². The van der Waals surface area contributed by atoms with Gasteiger partial charge in [0.2, 0.25) is 0 Å². The zero-order valence-corrected chi connectivity index (χ0v) is 9.86. The van der Waals surface area contributed by atoms with Crippen molar-refractivity contribution in [2.45, 2.75) is 50.7 Å². The average Bonchev–Trinajstić information content (AvgIpc) is 2.95. The van der Waals surface area contributed by atoms with Gasteiger partial charge in [0, 0.05) is 24.4 Å². The molecule has 0 amide bonds. The molecule has 1 spiro atoms. The van der Waals surface area contributed by atoms with Crippen LogP contribution in [0.3, 0.4) is 0 Å². The van der Waals surface area contributed by atoms with Gasteiger partial charge >= 0.3 is 0 Å². The quantitative estimate of drug-likeness (QED) is 0.796. The van der Waals surface area contributed by atoms with Gasteiger partial charge in [0.1, 0.15) is 0 Å². The first-order valence-electron chi connectivity index (χ1n) is 6.69. The highest BCUT2D eigenvalue weighted by molar-refractivity contribution is 5.06. The number of aliphatic hydroxyl groups excluding tert-OH is 1. The van der Waals surface area contributed by atoms with Gasteiger partial charge in [-0.25, -0.2) is 0 Å². The van der Waals surface area contributed by atoms with Crippen LogP contribution in [-0.4, -0.2) is 37.1 Å². The number of hydrogen-bond acceptors (Lipinski definition) is 3. The molecular weight excluding hydrogens is 204 g/mol. The molecule has 1 N–H and O–H groups in total. The molecule has 16 heavy (non-hydrogen) atoms. The molecule has 0 bridgehead atoms. The summed E-state index contributed by atoms with van der Waals surface area (Å²) in [5, 5.41) is 9.96. The molecule has 92 valence electrons. The van der Waals surface area contributed by atoms with E-state index < -0.39 is 0 Å². The van der Waals surface area contributed by atoms with E-state index in [1.807, 2.05) is 0 Å². The van der Waals surface area contributed by atoms with Gasteiger partial charge in [-0.1, -0.05) is 12.8 Å². The van der Waals surface area contributed by atoms with Gasteiger partial charge in [-0.05, 0) is 19.3 Å². The van der Waals surface area contributed by atoms with E-state index in [-0.39, 0.29) is 11.5 Å². The molecule has 0 aromatic carbocycles. The summed E-state index contributed by atoms with van der Waals surface area (Å²) in [6, 6.07) is 0. The van der Waals surface area contributed by atoms with Gasteiger partial charge in [0.15, 0.2) is 0 Å². The van der Waals surface area contributed by atoms with Gasteiger partial charge < -0.3 is 14.6 Å². The Kier molecular flexibility index (Phi) is 2.94. The molecule has 2 saturated carbocycles. The number of ether oxygens (including phenoxy) is 2. The molecule has 3 fully saturated rings. The van der Waals surface area contributed by atoms with Crippen molar-refractivity contribution in [3.63, 3.8) is 0 Å². The predicted molar refractivity (Wildman–Crippen MR) is 60.2 cm³/mol. The maximum Gasteiger partial charge on any atom is 0.0681 e. The van der Waals surface area contributed by atoms with E-state index in [2.05, 4.69) is 0 Å². The lowest BCUT2D eigenvalue weighted by molar-refractivity contribution is -0.193. The molecule has 0 radical (unpaired) electrons. The standard InChI is InChI=1S/C13H22O3/c14-11-7-12(13(11)4-1-2-5-13)16-9-10-3-6-15-8-10/h10-12,14H,1-9H2. The Bertz CT molecular complexity index is 242. The minimum Gasteiger partial charge on any atom is -0.392 e. The Balaban J connectivity index is 1.51. The van der Waals surface area contributed by atoms with Crippen molar-refractivity contribution in [3.8, 4) is 0 Å². The van der Waals surface area contributed by atoms with Gasteiger partial charge in [-0.2, -0.15) is 0 Å². The van der Waals surface area contributed by atoms with Crippen molar-refractivity contribution in [1.29, 1.82) is 0 Å². The molecular formula is C13H22O3. The Hall–Kier alpha value is -0.120. The van der Waals surface area contributed by atoms with Crippen LogP contribution in [-0.2, 0) is 9.47 Å². The lowest BCUT2D eigenvalue weighted by atomic mass is 9.62. The third-order valence-corrected chi connectivity index (χ3v) is 4.83. The average molecular weight is 226 g/mol. The Labute approximate surface area is 97.1 Å². The van der Waals surface area contributed by atoms with Gasteiger partial charge in [0.25, 0.3) is 0 Å². The summed E-state index contributed by atoms with van der Waals surface area (Å²) in [5.41, 5.74) is 0.138. The highest BCUT2D eigenvalue weighted by Gasteiger charge is 2.56. The fourth-order valence-electron chi connectivity index (χ4n) is 3.62. The minimum atomic E-state index is -0.0974. The van der Waals surface area contributed by atoms with Crippen LogP contribution >= 0.6 is 0 Å². The number of hydrogen-bond donors (Lipinski definition) is 1. The molecule has 0 aromatic rings. The van der Waals surface area contributed by atoms with Gasteiger partial charge in [0.05, 0.1) is 25.4 Å². The largest absolute Gasteiger partial charge is 0.392 e. The summed E-state index contributed by atoms with van der Waals surface area (Å²) in [7, 11) is 0. The summed E-state index contributed by atoms with van der Waals surface area (Å²) in [4.78, 5) is 0. The molecule has 0 aromatic heterocycles. The highest BCUT2D eigenvalue weighted by atomic mass is 16.5. The number of rotatable bonds is 3. The third kappa shape index (κ3) is 1.69. The molecule has 1 heterocycles. The van der Waals surface area contributed by atoms with Crippen molar-refractivity contribution in [3.05, 3.63) is 0 Å². The summed E-state index contributed by atoms with van der Waals surface area (Å²) >= 11 is 0. The minimum absolute atomic E-state index is 0.0974. The third-order valence-electron chi connectivity index (χ3n) is 4.83. The van der Waals surface area contributed by atoms with Crippen LogP contribution in [0.5, 0.6) is 0 Å². The van der Waals surface area contributed by atoms with Crippen LogP contribution in [0.1, 0.15) is 38.5 Å². The fraction of sp³-hybridized carbons (Fsp3) is 1.00. The summed E-state index contributed by atoms with van der Waals surface area (Å²) in [5.74, 6) is 0.594. The topological polar surface area (TPSA) is 38.7 Å². The van der Waals surface area contributed by atoms with Gasteiger partial charge in [-0.15, -0.1) is 0 Å². The highest BCUT2D eigenvalue weighted by Crippen LogP contribution is 2.54. The first kappa shape index (κ1) is 11.0. The van der Waals surface area contributed by atoms with Gasteiger partial charge in [-0.3, -0.25) is 0 Å². The fourth-order valence-corrected chi connectivity index (χ4v) is 3.62. The van der Waals surface area contributed by atoms with E-state index in [0.717, 1.165) is 32.7 Å². The van der Waals surface area contributed by atoms with Crippen molar-refractivity contribution in [2.24, 2.45) is 11.3 Å². The van der Waals surface area contributed by atoms with E-state index in [1.54, 1.807) is 0 Å². The maximum atomic E-state index is 9.96. The maximum absolute atomic E-state index is 9.96. The lowest BCUT2D eigenvalue weighted by Gasteiger charge is -2.51. The van der Waals surface area contributed by atoms with Crippen LogP contribution in [0.4, 0.5) is 0 Å². The molecule has 1 aliphatic heterocycles. The molecule has 3 rings (SSSR count). The first-order chi connectivity index (χ1) is 7.81. The number of aliphatic hydroxyl groups is 1. The van der Waals surface area contributed by atoms with Crippen LogP contribution in [0.25, 0.3) is 0 Å². The second-order valence-corrected chi connectivity index (χ2v) is 5.74. The van der Waals surface area contributed by atoms with Crippen molar-refractivity contribution < 1.29 is 14.6 Å². The zero-order chi connectivity index (χ0) is 11.0. The Morgan fingerprint density at radius 2 is 2.12 bits per heavy atom. The normalized spacial score (nSPS) is 41.4. The Morgan fingerprint density at radius 1 is 1.31 bits per heavy atom. The molecule has 3 aliphatic rings. The van der Waals surface area contributed by atoms with E-state index in [9.17, 15) is 5.11 Å². The molecule has 1 saturated heterocycles. The van der Waals surface area contributed by atoms with Crippen LogP contribution in [0, 0.1) is 11.3 Å². The van der Waals surface area contributed by atoms with Crippen molar-refractivity contribution in [2.75, 3.05) is 19.8 Å². The predicted octanol–water partition coefficient (Wildman–Crippen LogP) is 1.73. The second kappa shape index (κ2) is 4.28. The summed E-state index contributed by atoms with van der Waals surface area (Å²) < 4.78 is 11.4. The van der Waals surface area contributed by atoms with E-state index >= 15 is 0 Å². The smallest absolute Gasteiger partial charge is 0.0681 e. The van der Waals surface area contributed by atoms with Crippen molar-refractivity contribution in [1.82, 2.24) is 0 Å². The molecule has 2 aliphatic carbocycles. The molecule has 3 nitrogen and oxygen atoms in total. The van der Waals surface area contributed by atoms with E-state index in [1.165, 1.54) is 25.7 Å². The van der Waals surface area contributed by atoms with Crippen LogP contribution < -0.4 is 0 Å². The summed E-state index contributed by atoms with van der Waals surface area (Å²) in [6.07, 6.45) is 7.09.